The van der Waals surface area contributed by atoms with Crippen LogP contribution >= 0.6 is 0 Å². The summed E-state index contributed by atoms with van der Waals surface area (Å²) in [6.07, 6.45) is 8.30. The van der Waals surface area contributed by atoms with E-state index in [2.05, 4.69) is 46.9 Å². The molecule has 0 saturated carbocycles. The molecular formula is C14H23N5. The van der Waals surface area contributed by atoms with Crippen molar-refractivity contribution >= 4 is 5.95 Å². The molecular weight excluding hydrogens is 238 g/mol. The number of hydrogen-bond donors (Lipinski definition) is 1. The van der Waals surface area contributed by atoms with Crippen molar-refractivity contribution in [3.8, 4) is 5.69 Å². The molecule has 0 aromatic carbocycles. The summed E-state index contributed by atoms with van der Waals surface area (Å²) in [5.41, 5.74) is 2.06. The third-order valence-electron chi connectivity index (χ3n) is 3.03. The van der Waals surface area contributed by atoms with Crippen LogP contribution in [0.5, 0.6) is 0 Å². The quantitative estimate of drug-likeness (QED) is 0.812. The lowest BCUT2D eigenvalue weighted by Gasteiger charge is -2.07. The van der Waals surface area contributed by atoms with Gasteiger partial charge >= 0.3 is 0 Å². The van der Waals surface area contributed by atoms with E-state index in [1.165, 1.54) is 6.42 Å². The average molecular weight is 261 g/mol. The fraction of sp³-hybridized carbons (Fsp3) is 0.571. The molecule has 0 aliphatic heterocycles. The van der Waals surface area contributed by atoms with E-state index in [0.29, 0.717) is 6.04 Å². The van der Waals surface area contributed by atoms with E-state index in [4.69, 9.17) is 0 Å². The molecule has 0 amide bonds. The normalized spacial score (nSPS) is 11.2. The molecule has 0 radical (unpaired) electrons. The predicted octanol–water partition coefficient (Wildman–Crippen LogP) is 3.17. The van der Waals surface area contributed by atoms with Gasteiger partial charge in [-0.1, -0.05) is 13.3 Å². The summed E-state index contributed by atoms with van der Waals surface area (Å²) in [6.45, 7) is 9.39. The third-order valence-corrected chi connectivity index (χ3v) is 3.03. The highest BCUT2D eigenvalue weighted by Crippen LogP contribution is 2.17. The molecule has 0 saturated heterocycles. The maximum Gasteiger partial charge on any atom is 0.207 e. The summed E-state index contributed by atoms with van der Waals surface area (Å²) in [6, 6.07) is 0.370. The lowest BCUT2D eigenvalue weighted by molar-refractivity contribution is 0.532. The van der Waals surface area contributed by atoms with Gasteiger partial charge in [-0.2, -0.15) is 5.10 Å². The molecule has 2 aromatic rings. The van der Waals surface area contributed by atoms with Gasteiger partial charge in [-0.05, 0) is 27.2 Å². The molecule has 0 atom stereocenters. The third kappa shape index (κ3) is 3.16. The fourth-order valence-electron chi connectivity index (χ4n) is 1.93. The van der Waals surface area contributed by atoms with Crippen molar-refractivity contribution in [1.29, 1.82) is 0 Å². The minimum atomic E-state index is 0.370. The number of nitrogens with one attached hydrogen (secondary N) is 1. The fourth-order valence-corrected chi connectivity index (χ4v) is 1.93. The van der Waals surface area contributed by atoms with Gasteiger partial charge in [-0.15, -0.1) is 0 Å². The second-order valence-corrected chi connectivity index (χ2v) is 5.13. The Balaban J connectivity index is 2.22. The van der Waals surface area contributed by atoms with E-state index >= 15 is 0 Å². The van der Waals surface area contributed by atoms with Crippen molar-refractivity contribution in [2.45, 2.75) is 46.6 Å². The van der Waals surface area contributed by atoms with E-state index in [-0.39, 0.29) is 0 Å². The van der Waals surface area contributed by atoms with Crippen LogP contribution in [0.4, 0.5) is 5.95 Å². The molecule has 0 aliphatic rings. The van der Waals surface area contributed by atoms with Gasteiger partial charge < -0.3 is 5.32 Å². The molecule has 5 nitrogen and oxygen atoms in total. The molecule has 0 spiro atoms. The molecule has 0 unspecified atom stereocenters. The monoisotopic (exact) mass is 261 g/mol. The number of nitrogens with zero attached hydrogens (tertiary/aromatic N) is 4. The Hall–Kier alpha value is -1.78. The van der Waals surface area contributed by atoms with Crippen LogP contribution in [-0.2, 0) is 0 Å². The van der Waals surface area contributed by atoms with Crippen molar-refractivity contribution < 1.29 is 0 Å². The number of rotatable bonds is 6. The molecule has 2 heterocycles. The van der Waals surface area contributed by atoms with Gasteiger partial charge in [0.05, 0.1) is 17.6 Å². The molecule has 0 bridgehead atoms. The number of unbranched alkanes of at least 4 members (excludes halogenated alkanes) is 1. The molecule has 1 N–H and O–H groups in total. The van der Waals surface area contributed by atoms with Crippen molar-refractivity contribution in [3.05, 3.63) is 24.3 Å². The maximum absolute atomic E-state index is 4.53. The number of anilines is 1. The van der Waals surface area contributed by atoms with Gasteiger partial charge in [0.15, 0.2) is 0 Å². The summed E-state index contributed by atoms with van der Waals surface area (Å²) < 4.78 is 4.03. The Morgan fingerprint density at radius 1 is 1.32 bits per heavy atom. The van der Waals surface area contributed by atoms with Crippen molar-refractivity contribution in [2.75, 3.05) is 11.9 Å². The molecule has 5 heteroatoms. The van der Waals surface area contributed by atoms with Crippen LogP contribution in [0.1, 0.15) is 45.3 Å². The first-order valence-corrected chi connectivity index (χ1v) is 6.96. The number of aryl methyl sites for hydroxylation is 1. The zero-order valence-corrected chi connectivity index (χ0v) is 12.2. The first-order chi connectivity index (χ1) is 9.11. The lowest BCUT2D eigenvalue weighted by Crippen LogP contribution is -2.07. The van der Waals surface area contributed by atoms with Crippen LogP contribution in [0.2, 0.25) is 0 Å². The summed E-state index contributed by atoms with van der Waals surface area (Å²) in [5, 5.41) is 7.77. The van der Waals surface area contributed by atoms with Crippen molar-refractivity contribution in [1.82, 2.24) is 19.3 Å². The Labute approximate surface area is 114 Å². The smallest absolute Gasteiger partial charge is 0.207 e. The van der Waals surface area contributed by atoms with E-state index in [1.807, 2.05) is 24.0 Å². The van der Waals surface area contributed by atoms with Crippen LogP contribution in [0.3, 0.4) is 0 Å². The molecule has 0 fully saturated rings. The molecule has 0 aliphatic carbocycles. The average Bonchev–Trinajstić information content (AvgIpc) is 2.96. The standard InChI is InChI=1S/C14H23N5/c1-5-6-7-15-14-17-12(4)9-18(14)13-8-16-19(10-13)11(2)3/h8-11H,5-7H2,1-4H3,(H,15,17). The predicted molar refractivity (Wildman–Crippen MR) is 77.9 cm³/mol. The first kappa shape index (κ1) is 13.6. The highest BCUT2D eigenvalue weighted by Gasteiger charge is 2.09. The summed E-state index contributed by atoms with van der Waals surface area (Å²) in [5.74, 6) is 0.897. The van der Waals surface area contributed by atoms with Crippen LogP contribution in [0.25, 0.3) is 5.69 Å². The van der Waals surface area contributed by atoms with Gasteiger partial charge in [0.25, 0.3) is 0 Å². The highest BCUT2D eigenvalue weighted by atomic mass is 15.3. The summed E-state index contributed by atoms with van der Waals surface area (Å²) >= 11 is 0. The van der Waals surface area contributed by atoms with Crippen LogP contribution < -0.4 is 5.32 Å². The van der Waals surface area contributed by atoms with E-state index in [1.54, 1.807) is 0 Å². The van der Waals surface area contributed by atoms with Gasteiger partial charge in [0.1, 0.15) is 0 Å². The molecule has 104 valence electrons. The van der Waals surface area contributed by atoms with E-state index < -0.39 is 0 Å². The van der Waals surface area contributed by atoms with Gasteiger partial charge in [-0.3, -0.25) is 9.25 Å². The second-order valence-electron chi connectivity index (χ2n) is 5.13. The van der Waals surface area contributed by atoms with Crippen molar-refractivity contribution in [3.63, 3.8) is 0 Å². The van der Waals surface area contributed by atoms with E-state index in [9.17, 15) is 0 Å². The van der Waals surface area contributed by atoms with Gasteiger partial charge in [0.2, 0.25) is 5.95 Å². The van der Waals surface area contributed by atoms with Crippen LogP contribution in [-0.4, -0.2) is 25.9 Å². The summed E-state index contributed by atoms with van der Waals surface area (Å²) in [7, 11) is 0. The Kier molecular flexibility index (Phi) is 4.24. The number of hydrogen-bond acceptors (Lipinski definition) is 3. The van der Waals surface area contributed by atoms with E-state index in [0.717, 1.165) is 30.3 Å². The Morgan fingerprint density at radius 2 is 2.11 bits per heavy atom. The van der Waals surface area contributed by atoms with Crippen LogP contribution in [0.15, 0.2) is 18.6 Å². The SMILES string of the molecule is CCCCNc1nc(C)cn1-c1cnn(C(C)C)c1. The molecule has 2 aromatic heterocycles. The van der Waals surface area contributed by atoms with Crippen LogP contribution in [0, 0.1) is 6.92 Å². The van der Waals surface area contributed by atoms with Gasteiger partial charge in [0, 0.05) is 25.0 Å². The zero-order chi connectivity index (χ0) is 13.8. The highest BCUT2D eigenvalue weighted by molar-refractivity contribution is 5.40. The zero-order valence-electron chi connectivity index (χ0n) is 12.2. The maximum atomic E-state index is 4.53. The lowest BCUT2D eigenvalue weighted by atomic mass is 10.3. The summed E-state index contributed by atoms with van der Waals surface area (Å²) in [4.78, 5) is 4.53. The number of imidazole rings is 1. The number of aromatic nitrogens is 4. The molecule has 2 rings (SSSR count). The molecule has 19 heavy (non-hydrogen) atoms. The first-order valence-electron chi connectivity index (χ1n) is 6.96. The second kappa shape index (κ2) is 5.91. The largest absolute Gasteiger partial charge is 0.355 e. The minimum absolute atomic E-state index is 0.370. The minimum Gasteiger partial charge on any atom is -0.355 e. The Bertz CT molecular complexity index is 524. The Morgan fingerprint density at radius 3 is 2.74 bits per heavy atom. The van der Waals surface area contributed by atoms with Crippen molar-refractivity contribution in [2.24, 2.45) is 0 Å². The van der Waals surface area contributed by atoms with Gasteiger partial charge in [-0.25, -0.2) is 4.98 Å². The topological polar surface area (TPSA) is 47.7 Å².